The number of methoxy groups -OCH3 is 1. The second-order valence-electron chi connectivity index (χ2n) is 7.19. The highest BCUT2D eigenvalue weighted by Crippen LogP contribution is 2.26. The molecule has 0 aromatic heterocycles. The van der Waals surface area contributed by atoms with Gasteiger partial charge in [0.25, 0.3) is 0 Å². The highest BCUT2D eigenvalue weighted by atomic mass is 16.5. The summed E-state index contributed by atoms with van der Waals surface area (Å²) in [5, 5.41) is 6.78. The highest BCUT2D eigenvalue weighted by molar-refractivity contribution is 5.79. The van der Waals surface area contributed by atoms with Crippen molar-refractivity contribution >= 4 is 5.96 Å². The molecular weight excluding hydrogens is 328 g/mol. The van der Waals surface area contributed by atoms with Crippen molar-refractivity contribution in [3.05, 3.63) is 29.8 Å². The van der Waals surface area contributed by atoms with Gasteiger partial charge in [-0.25, -0.2) is 0 Å². The highest BCUT2D eigenvalue weighted by Gasteiger charge is 2.21. The molecule has 2 rings (SSSR count). The summed E-state index contributed by atoms with van der Waals surface area (Å²) in [5.74, 6) is 1.76. The van der Waals surface area contributed by atoms with Crippen LogP contribution in [0.15, 0.2) is 29.3 Å². The molecule has 1 fully saturated rings. The number of hydrogen-bond donors (Lipinski definition) is 2. The van der Waals surface area contributed by atoms with E-state index in [-0.39, 0.29) is 5.41 Å². The van der Waals surface area contributed by atoms with Gasteiger partial charge in [-0.2, -0.15) is 0 Å². The Bertz CT molecular complexity index is 569. The van der Waals surface area contributed by atoms with Gasteiger partial charge in [-0.05, 0) is 24.6 Å². The van der Waals surface area contributed by atoms with Gasteiger partial charge in [0.15, 0.2) is 5.96 Å². The van der Waals surface area contributed by atoms with Gasteiger partial charge in [-0.15, -0.1) is 0 Å². The third-order valence-corrected chi connectivity index (χ3v) is 4.65. The fraction of sp³-hybridized carbons (Fsp3) is 0.650. The quantitative estimate of drug-likeness (QED) is 0.546. The van der Waals surface area contributed by atoms with Crippen molar-refractivity contribution in [3.63, 3.8) is 0 Å². The summed E-state index contributed by atoms with van der Waals surface area (Å²) in [4.78, 5) is 7.23. The summed E-state index contributed by atoms with van der Waals surface area (Å²) in [6, 6.07) is 8.23. The molecule has 1 aliphatic heterocycles. The van der Waals surface area contributed by atoms with Gasteiger partial charge in [0.05, 0.1) is 26.9 Å². The molecule has 26 heavy (non-hydrogen) atoms. The first kappa shape index (κ1) is 20.5. The van der Waals surface area contributed by atoms with Gasteiger partial charge in [-0.3, -0.25) is 9.89 Å². The lowest BCUT2D eigenvalue weighted by Gasteiger charge is -2.27. The van der Waals surface area contributed by atoms with E-state index in [9.17, 15) is 0 Å². The molecular formula is C20H34N4O2. The minimum Gasteiger partial charge on any atom is -0.497 e. The number of hydrogen-bond acceptors (Lipinski definition) is 4. The van der Waals surface area contributed by atoms with Gasteiger partial charge in [0.1, 0.15) is 5.75 Å². The summed E-state index contributed by atoms with van der Waals surface area (Å²) in [6.45, 7) is 13.6. The van der Waals surface area contributed by atoms with Crippen LogP contribution in [0.3, 0.4) is 0 Å². The normalized spacial score (nSPS) is 16.4. The van der Waals surface area contributed by atoms with Crippen molar-refractivity contribution < 1.29 is 9.47 Å². The zero-order valence-electron chi connectivity index (χ0n) is 16.7. The van der Waals surface area contributed by atoms with Crippen molar-refractivity contribution in [1.29, 1.82) is 0 Å². The Morgan fingerprint density at radius 3 is 2.73 bits per heavy atom. The Labute approximate surface area is 158 Å². The molecule has 0 amide bonds. The van der Waals surface area contributed by atoms with E-state index >= 15 is 0 Å². The number of ether oxygens (including phenoxy) is 2. The van der Waals surface area contributed by atoms with Crippen molar-refractivity contribution in [2.45, 2.75) is 26.2 Å². The van der Waals surface area contributed by atoms with Crippen LogP contribution in [-0.2, 0) is 10.2 Å². The van der Waals surface area contributed by atoms with Crippen LogP contribution in [0.25, 0.3) is 0 Å². The molecule has 6 nitrogen and oxygen atoms in total. The molecule has 1 saturated heterocycles. The fourth-order valence-electron chi connectivity index (χ4n) is 2.91. The summed E-state index contributed by atoms with van der Waals surface area (Å²) >= 11 is 0. The minimum absolute atomic E-state index is 0.0684. The Kier molecular flexibility index (Phi) is 8.19. The summed E-state index contributed by atoms with van der Waals surface area (Å²) in [5.41, 5.74) is 1.16. The summed E-state index contributed by atoms with van der Waals surface area (Å²) in [7, 11) is 1.70. The second-order valence-corrected chi connectivity index (χ2v) is 7.19. The lowest BCUT2D eigenvalue weighted by molar-refractivity contribution is 0.0389. The molecule has 0 saturated carbocycles. The van der Waals surface area contributed by atoms with Crippen LogP contribution < -0.4 is 15.4 Å². The Hall–Kier alpha value is -1.79. The maximum atomic E-state index is 5.39. The topological polar surface area (TPSA) is 58.1 Å². The molecule has 1 aliphatic rings. The third kappa shape index (κ3) is 6.50. The van der Waals surface area contributed by atoms with Crippen molar-refractivity contribution in [2.75, 3.05) is 59.6 Å². The summed E-state index contributed by atoms with van der Waals surface area (Å²) < 4.78 is 10.7. The van der Waals surface area contributed by atoms with Crippen LogP contribution in [0.4, 0.5) is 0 Å². The van der Waals surface area contributed by atoms with E-state index in [4.69, 9.17) is 14.5 Å². The number of nitrogens with zero attached hydrogens (tertiary/aromatic N) is 2. The average Bonchev–Trinajstić information content (AvgIpc) is 2.67. The van der Waals surface area contributed by atoms with E-state index < -0.39 is 0 Å². The van der Waals surface area contributed by atoms with Gasteiger partial charge in [-0.1, -0.05) is 26.0 Å². The number of rotatable bonds is 8. The van der Waals surface area contributed by atoms with Crippen LogP contribution in [0.1, 0.15) is 26.3 Å². The van der Waals surface area contributed by atoms with Crippen molar-refractivity contribution in [3.8, 4) is 5.75 Å². The molecule has 0 atom stereocenters. The standard InChI is InChI=1S/C20H34N4O2/c1-5-21-19(22-9-10-24-11-13-26-14-12-24)23-16-20(2,3)17-7-6-8-18(15-17)25-4/h6-8,15H,5,9-14,16H2,1-4H3,(H2,21,22,23). The van der Waals surface area contributed by atoms with Crippen LogP contribution >= 0.6 is 0 Å². The molecule has 6 heteroatoms. The molecule has 0 aliphatic carbocycles. The number of nitrogens with one attached hydrogen (secondary N) is 2. The third-order valence-electron chi connectivity index (χ3n) is 4.65. The maximum absolute atomic E-state index is 5.39. The monoisotopic (exact) mass is 362 g/mol. The Balaban J connectivity index is 1.91. The van der Waals surface area contributed by atoms with Crippen LogP contribution in [-0.4, -0.2) is 70.5 Å². The van der Waals surface area contributed by atoms with E-state index in [1.54, 1.807) is 7.11 Å². The molecule has 0 radical (unpaired) electrons. The first-order valence-corrected chi connectivity index (χ1v) is 9.52. The largest absolute Gasteiger partial charge is 0.497 e. The number of benzene rings is 1. The van der Waals surface area contributed by atoms with E-state index in [1.165, 1.54) is 5.56 Å². The van der Waals surface area contributed by atoms with Crippen molar-refractivity contribution in [1.82, 2.24) is 15.5 Å². The van der Waals surface area contributed by atoms with Gasteiger partial charge >= 0.3 is 0 Å². The number of aliphatic imine (C=N–C) groups is 1. The van der Waals surface area contributed by atoms with E-state index in [0.29, 0.717) is 6.54 Å². The lowest BCUT2D eigenvalue weighted by atomic mass is 9.85. The first-order chi connectivity index (χ1) is 12.5. The maximum Gasteiger partial charge on any atom is 0.191 e. The molecule has 0 bridgehead atoms. The minimum atomic E-state index is -0.0684. The van der Waals surface area contributed by atoms with E-state index in [0.717, 1.165) is 57.6 Å². The average molecular weight is 363 g/mol. The summed E-state index contributed by atoms with van der Waals surface area (Å²) in [6.07, 6.45) is 0. The smallest absolute Gasteiger partial charge is 0.191 e. The molecule has 0 spiro atoms. The number of guanidine groups is 1. The predicted octanol–water partition coefficient (Wildman–Crippen LogP) is 1.86. The molecule has 2 N–H and O–H groups in total. The molecule has 1 aromatic rings. The van der Waals surface area contributed by atoms with E-state index in [1.807, 2.05) is 12.1 Å². The second kappa shape index (κ2) is 10.4. The van der Waals surface area contributed by atoms with Crippen molar-refractivity contribution in [2.24, 2.45) is 4.99 Å². The van der Waals surface area contributed by atoms with Gasteiger partial charge < -0.3 is 20.1 Å². The predicted molar refractivity (Wildman–Crippen MR) is 107 cm³/mol. The van der Waals surface area contributed by atoms with Crippen LogP contribution in [0.2, 0.25) is 0 Å². The molecule has 146 valence electrons. The fourth-order valence-corrected chi connectivity index (χ4v) is 2.91. The Morgan fingerprint density at radius 1 is 1.27 bits per heavy atom. The zero-order valence-corrected chi connectivity index (χ0v) is 16.7. The van der Waals surface area contributed by atoms with Crippen LogP contribution in [0.5, 0.6) is 5.75 Å². The SMILES string of the molecule is CCNC(=NCC(C)(C)c1cccc(OC)c1)NCCN1CCOCC1. The molecule has 1 aromatic carbocycles. The lowest BCUT2D eigenvalue weighted by Crippen LogP contribution is -2.44. The molecule has 0 unspecified atom stereocenters. The Morgan fingerprint density at radius 2 is 2.04 bits per heavy atom. The number of morpholine rings is 1. The van der Waals surface area contributed by atoms with E-state index in [2.05, 4.69) is 48.4 Å². The van der Waals surface area contributed by atoms with Crippen LogP contribution in [0, 0.1) is 0 Å². The zero-order chi connectivity index (χ0) is 18.8. The molecule has 1 heterocycles. The van der Waals surface area contributed by atoms with Gasteiger partial charge in [0.2, 0.25) is 0 Å². The first-order valence-electron chi connectivity index (χ1n) is 9.52. The van der Waals surface area contributed by atoms with Gasteiger partial charge in [0, 0.05) is 38.1 Å².